The van der Waals surface area contributed by atoms with Crippen molar-refractivity contribution in [3.05, 3.63) is 0 Å². The van der Waals surface area contributed by atoms with Crippen LogP contribution in [0, 0.1) is 5.92 Å². The molecule has 6 unspecified atom stereocenters. The minimum atomic E-state index is -1.54. The summed E-state index contributed by atoms with van der Waals surface area (Å²) in [7, 11) is 1.53. The summed E-state index contributed by atoms with van der Waals surface area (Å²) in [6, 6.07) is -3.56. The first-order valence-electron chi connectivity index (χ1n) is 30.1. The molecule has 8 amide bonds. The van der Waals surface area contributed by atoms with Gasteiger partial charge in [-0.05, 0) is 57.3 Å². The number of carbonyl (C=O) groups is 8. The second-order valence-corrected chi connectivity index (χ2v) is 22.6. The third-order valence-corrected chi connectivity index (χ3v) is 14.1. The first-order valence-corrected chi connectivity index (χ1v) is 30.1. The van der Waals surface area contributed by atoms with Crippen molar-refractivity contribution in [1.29, 1.82) is 0 Å². The monoisotopic (exact) mass is 1270 g/mol. The Labute approximate surface area is 513 Å². The zero-order chi connectivity index (χ0) is 65.9. The highest BCUT2D eigenvalue weighted by molar-refractivity contribution is 5.81. The fourth-order valence-corrected chi connectivity index (χ4v) is 9.52. The van der Waals surface area contributed by atoms with E-state index in [9.17, 15) is 84.3 Å². The minimum absolute atomic E-state index is 0.000278. The molecule has 3 rings (SSSR count). The Kier molecular flexibility index (Phi) is 38.7. The minimum Gasteiger partial charge on any atom is -0.394 e. The smallest absolute Gasteiger partial charge is 0.220 e. The number of aliphatic hydroxyl groups is 9. The Bertz CT molecular complexity index is 1900. The lowest BCUT2D eigenvalue weighted by Gasteiger charge is -2.42. The fourth-order valence-electron chi connectivity index (χ4n) is 9.52. The van der Waals surface area contributed by atoms with Crippen molar-refractivity contribution in [2.75, 3.05) is 79.5 Å². The highest BCUT2D eigenvalue weighted by Gasteiger charge is 2.48. The van der Waals surface area contributed by atoms with Gasteiger partial charge in [0, 0.05) is 98.3 Å². The average molecular weight is 1270 g/mol. The van der Waals surface area contributed by atoms with Crippen LogP contribution in [-0.2, 0) is 71.5 Å². The maximum atomic E-state index is 13.8. The van der Waals surface area contributed by atoms with Crippen LogP contribution in [0.15, 0.2) is 0 Å². The standard InChI is InChI=1S/C52H92N8O24.C4H10/c1-29(64)57-40-46(75)43(72)32(26-61)82-49(40)79-23-7-19-54-36(68)12-15-52(60-39(71)11-5-10-35(67)53-18-6-22-78-4,16-13-37(69)55-20-8-24-80-50-41(58-30(2)65)47(76)44(73)33(27-62)83-50)17-14-38(70)56-21-9-25-81-51-42(59-31(3)66)48(77)45(74)34(28-63)84-51;1-4(2)3/h32-34,40-51,61-63,72-77H,5-28H2,1-4H3,(H,53,67)(H,54,68)(H,55,69)(H,56,70)(H,57,64)(H,58,65)(H,59,66)(H,60,71);4H,1-3H3/t32?,33?,34?,40-,41-,42-,43-,44-,45-,46?,47?,48?,49+,50+,51+,52?;/m0./s1. The fraction of sp³-hybridized carbons (Fsp3) is 0.857. The normalized spacial score (nSPS) is 27.5. The van der Waals surface area contributed by atoms with Crippen LogP contribution in [0.4, 0.5) is 0 Å². The van der Waals surface area contributed by atoms with E-state index < -0.39 is 159 Å². The van der Waals surface area contributed by atoms with Gasteiger partial charge in [-0.3, -0.25) is 38.4 Å². The van der Waals surface area contributed by atoms with Gasteiger partial charge in [-0.1, -0.05) is 20.8 Å². The number of hydrogen-bond donors (Lipinski definition) is 17. The highest BCUT2D eigenvalue weighted by Crippen LogP contribution is 2.28. The molecule has 32 nitrogen and oxygen atoms in total. The number of amides is 8. The largest absolute Gasteiger partial charge is 0.394 e. The molecule has 3 aliphatic rings. The van der Waals surface area contributed by atoms with Gasteiger partial charge in [0.2, 0.25) is 47.3 Å². The Morgan fingerprint density at radius 2 is 0.693 bits per heavy atom. The number of aliphatic hydroxyl groups excluding tert-OH is 9. The third kappa shape index (κ3) is 29.8. The number of methoxy groups -OCH3 is 1. The average Bonchev–Trinajstić information content (AvgIpc) is 2.80. The molecule has 3 heterocycles. The van der Waals surface area contributed by atoms with Crippen molar-refractivity contribution in [3.8, 4) is 0 Å². The molecule has 0 spiro atoms. The lowest BCUT2D eigenvalue weighted by Crippen LogP contribution is -2.64. The van der Waals surface area contributed by atoms with Gasteiger partial charge in [0.25, 0.3) is 0 Å². The summed E-state index contributed by atoms with van der Waals surface area (Å²) < 4.78 is 39.0. The Morgan fingerprint density at radius 1 is 0.420 bits per heavy atom. The molecule has 32 heteroatoms. The molecule has 17 N–H and O–H groups in total. The van der Waals surface area contributed by atoms with Gasteiger partial charge in [0.1, 0.15) is 73.1 Å². The Morgan fingerprint density at radius 3 is 0.966 bits per heavy atom. The molecule has 88 heavy (non-hydrogen) atoms. The molecule has 0 radical (unpaired) electrons. The van der Waals surface area contributed by atoms with Crippen LogP contribution in [-0.4, -0.2) is 270 Å². The van der Waals surface area contributed by atoms with E-state index in [1.807, 2.05) is 0 Å². The second kappa shape index (κ2) is 43.0. The molecule has 3 aliphatic heterocycles. The zero-order valence-corrected chi connectivity index (χ0v) is 51.9. The number of rotatable bonds is 39. The highest BCUT2D eigenvalue weighted by atomic mass is 16.7. The van der Waals surface area contributed by atoms with Crippen molar-refractivity contribution in [2.45, 2.75) is 222 Å². The molecule has 0 aliphatic carbocycles. The third-order valence-electron chi connectivity index (χ3n) is 14.1. The van der Waals surface area contributed by atoms with E-state index in [4.69, 9.17) is 33.2 Å². The van der Waals surface area contributed by atoms with Gasteiger partial charge in [-0.25, -0.2) is 0 Å². The van der Waals surface area contributed by atoms with E-state index in [0.29, 0.717) is 19.6 Å². The van der Waals surface area contributed by atoms with Crippen molar-refractivity contribution in [2.24, 2.45) is 5.92 Å². The van der Waals surface area contributed by atoms with Crippen molar-refractivity contribution in [3.63, 3.8) is 0 Å². The van der Waals surface area contributed by atoms with Gasteiger partial charge >= 0.3 is 0 Å². The summed E-state index contributed by atoms with van der Waals surface area (Å²) in [4.78, 5) is 103. The Balaban J connectivity index is 0.00000639. The first kappa shape index (κ1) is 79.2. The number of nitrogens with one attached hydrogen (secondary N) is 8. The van der Waals surface area contributed by atoms with E-state index in [2.05, 4.69) is 63.3 Å². The van der Waals surface area contributed by atoms with Crippen molar-refractivity contribution >= 4 is 47.3 Å². The van der Waals surface area contributed by atoms with Gasteiger partial charge in [-0.2, -0.15) is 0 Å². The molecule has 510 valence electrons. The number of ether oxygens (including phenoxy) is 7. The summed E-state index contributed by atoms with van der Waals surface area (Å²) in [5, 5.41) is 113. The topological polar surface area (TPSA) is 479 Å². The van der Waals surface area contributed by atoms with Gasteiger partial charge in [0.05, 0.1) is 39.6 Å². The van der Waals surface area contributed by atoms with Crippen LogP contribution < -0.4 is 42.5 Å². The molecule has 0 aromatic carbocycles. The lowest BCUT2D eigenvalue weighted by molar-refractivity contribution is -0.270. The van der Waals surface area contributed by atoms with Crippen molar-refractivity contribution in [1.82, 2.24) is 42.5 Å². The maximum absolute atomic E-state index is 13.8. The predicted molar refractivity (Wildman–Crippen MR) is 309 cm³/mol. The second-order valence-electron chi connectivity index (χ2n) is 22.6. The van der Waals surface area contributed by atoms with E-state index in [1.165, 1.54) is 27.9 Å². The molecule has 3 fully saturated rings. The summed E-state index contributed by atoms with van der Waals surface area (Å²) >= 11 is 0. The van der Waals surface area contributed by atoms with Crippen LogP contribution in [0.2, 0.25) is 0 Å². The van der Waals surface area contributed by atoms with Gasteiger partial charge in [-0.15, -0.1) is 0 Å². The molecule has 15 atom stereocenters. The number of carbonyl (C=O) groups excluding carboxylic acids is 8. The quantitative estimate of drug-likeness (QED) is 0.0255. The van der Waals surface area contributed by atoms with Crippen LogP contribution in [0.3, 0.4) is 0 Å². The van der Waals surface area contributed by atoms with Crippen LogP contribution >= 0.6 is 0 Å². The molecule has 0 bridgehead atoms. The number of hydrogen-bond acceptors (Lipinski definition) is 24. The molecule has 0 saturated carbocycles. The zero-order valence-electron chi connectivity index (χ0n) is 51.9. The van der Waals surface area contributed by atoms with Crippen LogP contribution in [0.5, 0.6) is 0 Å². The summed E-state index contributed by atoms with van der Waals surface area (Å²) in [5.74, 6) is -3.13. The molecule has 3 saturated heterocycles. The van der Waals surface area contributed by atoms with Crippen LogP contribution in [0.1, 0.15) is 125 Å². The molecule has 0 aromatic rings. The maximum Gasteiger partial charge on any atom is 0.220 e. The molecular formula is C56H102N8O24. The first-order chi connectivity index (χ1) is 41.7. The summed E-state index contributed by atoms with van der Waals surface area (Å²) in [6.07, 6.45) is -16.6. The lowest BCUT2D eigenvalue weighted by atomic mass is 9.82. The predicted octanol–water partition coefficient (Wildman–Crippen LogP) is -5.43. The van der Waals surface area contributed by atoms with E-state index in [1.54, 1.807) is 0 Å². The van der Waals surface area contributed by atoms with Gasteiger partial charge < -0.3 is 122 Å². The van der Waals surface area contributed by atoms with E-state index in [0.717, 1.165) is 5.92 Å². The Hall–Kier alpha value is -4.88. The van der Waals surface area contributed by atoms with E-state index in [-0.39, 0.29) is 122 Å². The summed E-state index contributed by atoms with van der Waals surface area (Å²) in [6.45, 7) is 8.76. The van der Waals surface area contributed by atoms with Crippen molar-refractivity contribution < 1.29 is 117 Å². The van der Waals surface area contributed by atoms with E-state index >= 15 is 0 Å². The van der Waals surface area contributed by atoms with Gasteiger partial charge in [0.15, 0.2) is 18.9 Å². The summed E-state index contributed by atoms with van der Waals surface area (Å²) in [5.41, 5.74) is -1.40. The molecular weight excluding hydrogens is 1170 g/mol. The molecule has 0 aromatic heterocycles. The van der Waals surface area contributed by atoms with Crippen LogP contribution in [0.25, 0.3) is 0 Å². The SMILES string of the molecule is CC(C)C.COCCCNC(=O)CCCC(=O)NC(CCC(=O)NCCCO[C@@H]1OC(CO)[C@H](O)C(O)[C@@H]1NC(C)=O)(CCC(=O)NCCCO[C@@H]1OC(CO)[C@H](O)C(O)[C@@H]1NC(C)=O)CCC(=O)NCCCO[C@@H]1OC(CO)[C@H](O)C(O)[C@@H]1NC(C)=O.